The number of hydrogen-bond donors (Lipinski definition) is 3. The summed E-state index contributed by atoms with van der Waals surface area (Å²) in [5, 5.41) is 13.4. The van der Waals surface area contributed by atoms with Crippen molar-refractivity contribution in [1.29, 1.82) is 5.26 Å². The van der Waals surface area contributed by atoms with Crippen molar-refractivity contribution in [2.24, 2.45) is 10.7 Å². The Balaban J connectivity index is 1.74. The number of aliphatic imine (C=N–C) groups is 1. The zero-order chi connectivity index (χ0) is 24.9. The van der Waals surface area contributed by atoms with E-state index in [-0.39, 0.29) is 35.2 Å². The Morgan fingerprint density at radius 1 is 1.23 bits per heavy atom. The average Bonchev–Trinajstić information content (AvgIpc) is 3.29. The molecule has 4 rings (SSSR count). The smallest absolute Gasteiger partial charge is 0.171 e. The number of benzene rings is 1. The second kappa shape index (κ2) is 10.5. The summed E-state index contributed by atoms with van der Waals surface area (Å²) < 4.78 is 40.0. The summed E-state index contributed by atoms with van der Waals surface area (Å²) in [4.78, 5) is 12.1. The van der Waals surface area contributed by atoms with Gasteiger partial charge in [-0.1, -0.05) is 0 Å². The normalized spacial score (nSPS) is 15.3. The van der Waals surface area contributed by atoms with Crippen molar-refractivity contribution < 1.29 is 18.3 Å². The Labute approximate surface area is 201 Å². The maximum Gasteiger partial charge on any atom is 0.171 e. The van der Waals surface area contributed by atoms with E-state index in [9.17, 15) is 14.0 Å². The second-order valence-electron chi connectivity index (χ2n) is 8.20. The molecule has 3 aromatic rings. The Kier molecular flexibility index (Phi) is 7.27. The summed E-state index contributed by atoms with van der Waals surface area (Å²) in [7, 11) is 2.61. The Morgan fingerprint density at radius 3 is 2.54 bits per heavy atom. The summed E-state index contributed by atoms with van der Waals surface area (Å²) in [6.45, 7) is 1.77. The minimum atomic E-state index is -0.798. The lowest BCUT2D eigenvalue weighted by atomic mass is 10.0. The Hall–Kier alpha value is -3.97. The van der Waals surface area contributed by atoms with Crippen molar-refractivity contribution in [1.82, 2.24) is 15.3 Å². The molecule has 0 aliphatic carbocycles. The molecule has 1 saturated heterocycles. The van der Waals surface area contributed by atoms with E-state index in [0.717, 1.165) is 25.9 Å². The standard InChI is InChI=1S/C25H26F2N6O2/c1-34-21-9-22(35-2)24(27)18(23(21)26)8-14-11-32-25-17(14)7-15(12-33-25)19(20(29)10-28)13-31-16-3-5-30-6-4-16/h7,9,11-13,16,30H,3-6,8,29H2,1-2H3,(H,32,33). The van der Waals surface area contributed by atoms with Crippen LogP contribution in [-0.4, -0.2) is 49.5 Å². The third-order valence-corrected chi connectivity index (χ3v) is 6.09. The van der Waals surface area contributed by atoms with Gasteiger partial charge in [-0.3, -0.25) is 4.99 Å². The molecule has 2 aromatic heterocycles. The SMILES string of the molecule is COc1cc(OC)c(F)c(Cc2c[nH]c3ncc(C(C=NC4CCNCC4)=C(N)C#N)cc23)c1F. The molecule has 1 aromatic carbocycles. The molecular weight excluding hydrogens is 454 g/mol. The molecule has 3 heterocycles. The van der Waals surface area contributed by atoms with Crippen LogP contribution in [0.25, 0.3) is 16.6 Å². The molecule has 1 fully saturated rings. The van der Waals surface area contributed by atoms with Crippen LogP contribution in [0.3, 0.4) is 0 Å². The highest BCUT2D eigenvalue weighted by Crippen LogP contribution is 2.34. The van der Waals surface area contributed by atoms with Gasteiger partial charge in [0.1, 0.15) is 17.4 Å². The highest BCUT2D eigenvalue weighted by Gasteiger charge is 2.22. The number of H-pyrrole nitrogens is 1. The van der Waals surface area contributed by atoms with E-state index in [4.69, 9.17) is 15.2 Å². The molecule has 0 atom stereocenters. The molecule has 0 spiro atoms. The number of allylic oxidation sites excluding steroid dienone is 2. The van der Waals surface area contributed by atoms with Crippen molar-refractivity contribution in [3.05, 3.63) is 58.5 Å². The number of halogens is 2. The van der Waals surface area contributed by atoms with E-state index >= 15 is 0 Å². The average molecular weight is 481 g/mol. The van der Waals surface area contributed by atoms with Crippen LogP contribution >= 0.6 is 0 Å². The van der Waals surface area contributed by atoms with Gasteiger partial charge in [-0.05, 0) is 37.6 Å². The van der Waals surface area contributed by atoms with Gasteiger partial charge in [0, 0.05) is 53.2 Å². The number of aromatic nitrogens is 2. The summed E-state index contributed by atoms with van der Waals surface area (Å²) in [6.07, 6.45) is 6.58. The molecule has 0 radical (unpaired) electrons. The number of methoxy groups -OCH3 is 2. The predicted octanol–water partition coefficient (Wildman–Crippen LogP) is 3.47. The molecule has 0 saturated carbocycles. The number of nitrogens with one attached hydrogen (secondary N) is 2. The fourth-order valence-electron chi connectivity index (χ4n) is 4.13. The number of hydrogen-bond acceptors (Lipinski definition) is 7. The Morgan fingerprint density at radius 2 is 1.91 bits per heavy atom. The van der Waals surface area contributed by atoms with Gasteiger partial charge in [0.05, 0.1) is 20.3 Å². The van der Waals surface area contributed by atoms with Crippen molar-refractivity contribution in [3.8, 4) is 17.6 Å². The lowest BCUT2D eigenvalue weighted by Crippen LogP contribution is -2.29. The number of piperidine rings is 1. The van der Waals surface area contributed by atoms with Crippen LogP contribution < -0.4 is 20.5 Å². The summed E-state index contributed by atoms with van der Waals surface area (Å²) >= 11 is 0. The molecule has 10 heteroatoms. The lowest BCUT2D eigenvalue weighted by Gasteiger charge is -2.18. The molecular formula is C25H26F2N6O2. The highest BCUT2D eigenvalue weighted by molar-refractivity contribution is 6.12. The molecule has 0 unspecified atom stereocenters. The maximum atomic E-state index is 15.0. The van der Waals surface area contributed by atoms with Gasteiger partial charge in [0.15, 0.2) is 23.1 Å². The van der Waals surface area contributed by atoms with E-state index < -0.39 is 11.6 Å². The zero-order valence-electron chi connectivity index (χ0n) is 19.5. The van der Waals surface area contributed by atoms with Gasteiger partial charge in [-0.15, -0.1) is 0 Å². The lowest BCUT2D eigenvalue weighted by molar-refractivity contribution is 0.354. The van der Waals surface area contributed by atoms with E-state index in [1.54, 1.807) is 24.7 Å². The summed E-state index contributed by atoms with van der Waals surface area (Å²) in [5.74, 6) is -1.82. The van der Waals surface area contributed by atoms with E-state index in [1.165, 1.54) is 20.3 Å². The zero-order valence-corrected chi connectivity index (χ0v) is 19.5. The van der Waals surface area contributed by atoms with Crippen molar-refractivity contribution in [3.63, 3.8) is 0 Å². The summed E-state index contributed by atoms with van der Waals surface area (Å²) in [6, 6.07) is 5.08. The number of rotatable bonds is 7. The van der Waals surface area contributed by atoms with Crippen LogP contribution in [-0.2, 0) is 6.42 Å². The highest BCUT2D eigenvalue weighted by atomic mass is 19.1. The van der Waals surface area contributed by atoms with Gasteiger partial charge < -0.3 is 25.5 Å². The first-order chi connectivity index (χ1) is 17.0. The minimum absolute atomic E-state index is 0.00976. The maximum absolute atomic E-state index is 15.0. The van der Waals surface area contributed by atoms with Crippen LogP contribution in [0.4, 0.5) is 8.78 Å². The predicted molar refractivity (Wildman–Crippen MR) is 129 cm³/mol. The third-order valence-electron chi connectivity index (χ3n) is 6.09. The molecule has 35 heavy (non-hydrogen) atoms. The van der Waals surface area contributed by atoms with Gasteiger partial charge in [0.2, 0.25) is 0 Å². The van der Waals surface area contributed by atoms with Gasteiger partial charge >= 0.3 is 0 Å². The first kappa shape index (κ1) is 24.2. The molecule has 1 aliphatic heterocycles. The van der Waals surface area contributed by atoms with E-state index in [2.05, 4.69) is 20.3 Å². The second-order valence-corrected chi connectivity index (χ2v) is 8.20. The molecule has 0 bridgehead atoms. The topological polar surface area (TPSA) is 121 Å². The number of nitrogens with two attached hydrogens (primary N) is 1. The van der Waals surface area contributed by atoms with E-state index in [1.807, 2.05) is 6.07 Å². The first-order valence-corrected chi connectivity index (χ1v) is 11.2. The van der Waals surface area contributed by atoms with Crippen LogP contribution in [0.15, 0.2) is 35.2 Å². The molecule has 1 aliphatic rings. The fraction of sp³-hybridized carbons (Fsp3) is 0.320. The summed E-state index contributed by atoms with van der Waals surface area (Å²) in [5.41, 5.74) is 7.99. The van der Waals surface area contributed by atoms with E-state index in [0.29, 0.717) is 27.7 Å². The quantitative estimate of drug-likeness (QED) is 0.352. The number of pyridine rings is 1. The minimum Gasteiger partial charge on any atom is -0.494 e. The molecule has 4 N–H and O–H groups in total. The van der Waals surface area contributed by atoms with Gasteiger partial charge in [-0.2, -0.15) is 5.26 Å². The Bertz CT molecular complexity index is 1310. The van der Waals surface area contributed by atoms with Gasteiger partial charge in [0.25, 0.3) is 0 Å². The molecule has 8 nitrogen and oxygen atoms in total. The van der Waals surface area contributed by atoms with Crippen LogP contribution in [0.2, 0.25) is 0 Å². The van der Waals surface area contributed by atoms with Crippen molar-refractivity contribution >= 4 is 22.8 Å². The van der Waals surface area contributed by atoms with Crippen molar-refractivity contribution in [2.45, 2.75) is 25.3 Å². The number of ether oxygens (including phenoxy) is 2. The molecule has 0 amide bonds. The van der Waals surface area contributed by atoms with Crippen LogP contribution in [0.5, 0.6) is 11.5 Å². The third kappa shape index (κ3) is 4.95. The largest absolute Gasteiger partial charge is 0.494 e. The number of nitrogens with zero attached hydrogens (tertiary/aromatic N) is 3. The fourth-order valence-corrected chi connectivity index (χ4v) is 4.13. The van der Waals surface area contributed by atoms with Crippen molar-refractivity contribution in [2.75, 3.05) is 27.3 Å². The monoisotopic (exact) mass is 480 g/mol. The van der Waals surface area contributed by atoms with Crippen LogP contribution in [0.1, 0.15) is 29.5 Å². The number of nitriles is 1. The number of aromatic amines is 1. The first-order valence-electron chi connectivity index (χ1n) is 11.2. The van der Waals surface area contributed by atoms with Crippen LogP contribution in [0, 0.1) is 23.0 Å². The van der Waals surface area contributed by atoms with Gasteiger partial charge in [-0.25, -0.2) is 13.8 Å². The molecule has 182 valence electrons. The number of fused-ring (bicyclic) bond motifs is 1.